The molecule has 1 unspecified atom stereocenters. The van der Waals surface area contributed by atoms with Gasteiger partial charge in [0.25, 0.3) is 0 Å². The summed E-state index contributed by atoms with van der Waals surface area (Å²) in [5.74, 6) is 0.516. The highest BCUT2D eigenvalue weighted by molar-refractivity contribution is 14.1. The number of halogens is 4. The van der Waals surface area contributed by atoms with Crippen LogP contribution in [0.1, 0.15) is 24.2 Å². The lowest BCUT2D eigenvalue weighted by Crippen LogP contribution is -2.03. The van der Waals surface area contributed by atoms with Gasteiger partial charge in [-0.05, 0) is 53.8 Å². The highest BCUT2D eigenvalue weighted by Crippen LogP contribution is 2.38. The Hall–Kier alpha value is -0.0100. The quantitative estimate of drug-likeness (QED) is 0.533. The molecular weight excluding hydrogens is 490 g/mol. The molecular formula is C15H12BrCl2IO2. The minimum atomic E-state index is -0.866. The summed E-state index contributed by atoms with van der Waals surface area (Å²) in [6, 6.07) is 9.02. The molecule has 0 aliphatic heterocycles. The van der Waals surface area contributed by atoms with E-state index in [0.717, 1.165) is 13.6 Å². The molecule has 6 heteroatoms. The van der Waals surface area contributed by atoms with Crippen molar-refractivity contribution in [1.29, 1.82) is 0 Å². The molecule has 0 saturated carbocycles. The Labute approximate surface area is 155 Å². The fourth-order valence-electron chi connectivity index (χ4n) is 1.91. The molecule has 0 aliphatic rings. The molecule has 112 valence electrons. The molecule has 0 bridgehead atoms. The number of ether oxygens (including phenoxy) is 1. The third kappa shape index (κ3) is 4.05. The molecule has 0 heterocycles. The van der Waals surface area contributed by atoms with Crippen LogP contribution in [0.15, 0.2) is 34.8 Å². The topological polar surface area (TPSA) is 29.5 Å². The maximum absolute atomic E-state index is 10.6. The van der Waals surface area contributed by atoms with E-state index in [1.165, 1.54) is 0 Å². The van der Waals surface area contributed by atoms with Crippen LogP contribution < -0.4 is 4.74 Å². The van der Waals surface area contributed by atoms with Gasteiger partial charge < -0.3 is 9.84 Å². The lowest BCUT2D eigenvalue weighted by Gasteiger charge is -2.17. The third-order valence-electron chi connectivity index (χ3n) is 2.90. The zero-order valence-electron chi connectivity index (χ0n) is 11.0. The fraction of sp³-hybridized carbons (Fsp3) is 0.200. The van der Waals surface area contributed by atoms with Crippen LogP contribution in [0.3, 0.4) is 0 Å². The van der Waals surface area contributed by atoms with Gasteiger partial charge in [0.05, 0.1) is 16.7 Å². The SMILES string of the molecule is CCOc1cc(Cl)c(C(O)c2cc(I)ccc2Br)cc1Cl. The zero-order chi connectivity index (χ0) is 15.6. The van der Waals surface area contributed by atoms with Crippen LogP contribution in [-0.2, 0) is 0 Å². The number of benzene rings is 2. The third-order valence-corrected chi connectivity index (χ3v) is 4.91. The molecule has 2 aromatic carbocycles. The molecule has 1 N–H and O–H groups in total. The molecule has 21 heavy (non-hydrogen) atoms. The van der Waals surface area contributed by atoms with E-state index >= 15 is 0 Å². The maximum atomic E-state index is 10.6. The van der Waals surface area contributed by atoms with Crippen LogP contribution in [0.4, 0.5) is 0 Å². The Morgan fingerprint density at radius 2 is 1.90 bits per heavy atom. The number of hydrogen-bond donors (Lipinski definition) is 1. The molecule has 0 saturated heterocycles. The number of aliphatic hydroxyl groups excluding tert-OH is 1. The van der Waals surface area contributed by atoms with Crippen molar-refractivity contribution in [1.82, 2.24) is 0 Å². The van der Waals surface area contributed by atoms with Crippen LogP contribution in [0.5, 0.6) is 5.75 Å². The largest absolute Gasteiger partial charge is 0.492 e. The van der Waals surface area contributed by atoms with Crippen molar-refractivity contribution in [2.24, 2.45) is 0 Å². The summed E-state index contributed by atoms with van der Waals surface area (Å²) in [6.07, 6.45) is -0.866. The highest BCUT2D eigenvalue weighted by Gasteiger charge is 2.19. The number of hydrogen-bond acceptors (Lipinski definition) is 2. The first-order chi connectivity index (χ1) is 9.93. The minimum Gasteiger partial charge on any atom is -0.492 e. The Balaban J connectivity index is 2.46. The Morgan fingerprint density at radius 1 is 1.19 bits per heavy atom. The molecule has 0 fully saturated rings. The molecule has 2 aromatic rings. The second kappa shape index (κ2) is 7.51. The summed E-state index contributed by atoms with van der Waals surface area (Å²) in [5.41, 5.74) is 1.29. The molecule has 0 spiro atoms. The summed E-state index contributed by atoms with van der Waals surface area (Å²) in [7, 11) is 0. The van der Waals surface area contributed by atoms with Gasteiger partial charge in [0.15, 0.2) is 0 Å². The number of rotatable bonds is 4. The van der Waals surface area contributed by atoms with E-state index in [0.29, 0.717) is 28.0 Å². The standard InChI is InChI=1S/C15H12BrCl2IO2/c1-2-21-14-7-12(17)10(6-13(14)18)15(20)9-5-8(19)3-4-11(9)16/h3-7,15,20H,2H2,1H3. The minimum absolute atomic E-state index is 0.418. The van der Waals surface area contributed by atoms with Crippen molar-refractivity contribution < 1.29 is 9.84 Å². The van der Waals surface area contributed by atoms with Gasteiger partial charge in [0.1, 0.15) is 11.9 Å². The normalized spacial score (nSPS) is 12.3. The van der Waals surface area contributed by atoms with Gasteiger partial charge in [-0.3, -0.25) is 0 Å². The lowest BCUT2D eigenvalue weighted by molar-refractivity contribution is 0.219. The summed E-state index contributed by atoms with van der Waals surface area (Å²) < 4.78 is 7.23. The van der Waals surface area contributed by atoms with Crippen molar-refractivity contribution in [2.75, 3.05) is 6.61 Å². The fourth-order valence-corrected chi connectivity index (χ4v) is 3.37. The second-order valence-corrected chi connectivity index (χ2v) is 7.22. The highest BCUT2D eigenvalue weighted by atomic mass is 127. The van der Waals surface area contributed by atoms with Crippen LogP contribution in [0, 0.1) is 3.57 Å². The average Bonchev–Trinajstić information content (AvgIpc) is 2.44. The first-order valence-electron chi connectivity index (χ1n) is 6.18. The van der Waals surface area contributed by atoms with Gasteiger partial charge in [0.2, 0.25) is 0 Å². The van der Waals surface area contributed by atoms with E-state index in [9.17, 15) is 5.11 Å². The molecule has 1 atom stereocenters. The zero-order valence-corrected chi connectivity index (χ0v) is 16.3. The monoisotopic (exact) mass is 500 g/mol. The Kier molecular flexibility index (Phi) is 6.20. The first kappa shape index (κ1) is 17.3. The summed E-state index contributed by atoms with van der Waals surface area (Å²) >= 11 is 18.1. The van der Waals surface area contributed by atoms with Crippen molar-refractivity contribution in [3.63, 3.8) is 0 Å². The van der Waals surface area contributed by atoms with E-state index in [1.54, 1.807) is 12.1 Å². The molecule has 0 aliphatic carbocycles. The van der Waals surface area contributed by atoms with E-state index in [1.807, 2.05) is 25.1 Å². The van der Waals surface area contributed by atoms with Gasteiger partial charge >= 0.3 is 0 Å². The van der Waals surface area contributed by atoms with E-state index < -0.39 is 6.10 Å². The van der Waals surface area contributed by atoms with E-state index in [2.05, 4.69) is 38.5 Å². The first-order valence-corrected chi connectivity index (χ1v) is 8.81. The van der Waals surface area contributed by atoms with Crippen molar-refractivity contribution in [3.8, 4) is 5.75 Å². The van der Waals surface area contributed by atoms with Crippen molar-refractivity contribution >= 4 is 61.7 Å². The van der Waals surface area contributed by atoms with Crippen LogP contribution in [0.25, 0.3) is 0 Å². The lowest BCUT2D eigenvalue weighted by atomic mass is 10.0. The smallest absolute Gasteiger partial charge is 0.139 e. The Bertz CT molecular complexity index is 664. The summed E-state index contributed by atoms with van der Waals surface area (Å²) in [5, 5.41) is 11.5. The summed E-state index contributed by atoms with van der Waals surface area (Å²) in [4.78, 5) is 0. The molecule has 2 rings (SSSR count). The van der Waals surface area contributed by atoms with Crippen molar-refractivity contribution in [2.45, 2.75) is 13.0 Å². The van der Waals surface area contributed by atoms with Gasteiger partial charge in [-0.25, -0.2) is 0 Å². The van der Waals surface area contributed by atoms with Gasteiger partial charge in [-0.15, -0.1) is 0 Å². The predicted octanol–water partition coefficient (Wildman–Crippen LogP) is 5.84. The molecule has 2 nitrogen and oxygen atoms in total. The maximum Gasteiger partial charge on any atom is 0.139 e. The second-order valence-electron chi connectivity index (χ2n) is 4.31. The van der Waals surface area contributed by atoms with Crippen LogP contribution >= 0.6 is 61.7 Å². The summed E-state index contributed by atoms with van der Waals surface area (Å²) in [6.45, 7) is 2.37. The van der Waals surface area contributed by atoms with Crippen LogP contribution in [-0.4, -0.2) is 11.7 Å². The van der Waals surface area contributed by atoms with Gasteiger partial charge in [-0.1, -0.05) is 39.1 Å². The van der Waals surface area contributed by atoms with Gasteiger partial charge in [-0.2, -0.15) is 0 Å². The molecule has 0 amide bonds. The van der Waals surface area contributed by atoms with Gasteiger partial charge in [0, 0.05) is 25.2 Å². The molecule has 0 radical (unpaired) electrons. The van der Waals surface area contributed by atoms with Crippen LogP contribution in [0.2, 0.25) is 10.0 Å². The predicted molar refractivity (Wildman–Crippen MR) is 98.6 cm³/mol. The Morgan fingerprint density at radius 3 is 2.57 bits per heavy atom. The molecule has 0 aromatic heterocycles. The van der Waals surface area contributed by atoms with Crippen molar-refractivity contribution in [3.05, 3.63) is 59.5 Å². The average molecular weight is 502 g/mol. The number of aliphatic hydroxyl groups is 1. The van der Waals surface area contributed by atoms with E-state index in [4.69, 9.17) is 27.9 Å². The van der Waals surface area contributed by atoms with E-state index in [-0.39, 0.29) is 0 Å².